The molecule has 204 valence electrons. The second kappa shape index (κ2) is 13.2. The topological polar surface area (TPSA) is 108 Å². The Labute approximate surface area is 229 Å². The Morgan fingerprint density at radius 2 is 1.66 bits per heavy atom. The molecule has 0 radical (unpaired) electrons. The summed E-state index contributed by atoms with van der Waals surface area (Å²) in [7, 11) is 0. The molecule has 0 aliphatic carbocycles. The first-order valence-corrected chi connectivity index (χ1v) is 13.6. The van der Waals surface area contributed by atoms with E-state index in [1.54, 1.807) is 45.9 Å². The van der Waals surface area contributed by atoms with Crippen LogP contribution < -0.4 is 10.6 Å². The Balaban J connectivity index is 2.55. The number of alkyl carbamates (subject to hydrolysis) is 1. The van der Waals surface area contributed by atoms with Crippen LogP contribution in [0, 0.1) is 33.2 Å². The quantitative estimate of drug-likeness (QED) is 0.304. The van der Waals surface area contributed by atoms with Crippen LogP contribution in [0.4, 0.5) is 10.5 Å². The maximum Gasteiger partial charge on any atom is 0.408 e. The molecular weight excluding hydrogens is 502 g/mol. The van der Waals surface area contributed by atoms with Gasteiger partial charge in [-0.1, -0.05) is 42.8 Å². The molecule has 0 heterocycles. The number of rotatable bonds is 9. The highest BCUT2D eigenvalue weighted by atomic mass is 32.2. The van der Waals surface area contributed by atoms with Crippen LogP contribution in [0.2, 0.25) is 0 Å². The second-order valence-electron chi connectivity index (χ2n) is 9.99. The van der Waals surface area contributed by atoms with E-state index in [-0.39, 0.29) is 17.7 Å². The largest absolute Gasteiger partial charge is 0.507 e. The number of benzene rings is 2. The minimum Gasteiger partial charge on any atom is -0.507 e. The van der Waals surface area contributed by atoms with Gasteiger partial charge in [0.05, 0.1) is 0 Å². The number of nitrogens with one attached hydrogen (secondary N) is 2. The molecular formula is C29H37N3O5S. The lowest BCUT2D eigenvalue weighted by Crippen LogP contribution is -2.51. The minimum atomic E-state index is -1.37. The van der Waals surface area contributed by atoms with Crippen LogP contribution in [-0.2, 0) is 14.3 Å². The number of phenolic OH excluding ortho intramolecular Hbond substituents is 1. The van der Waals surface area contributed by atoms with E-state index >= 15 is 0 Å². The number of aryl methyl sites for hydroxylation is 3. The summed E-state index contributed by atoms with van der Waals surface area (Å²) in [4.78, 5) is 41.1. The highest BCUT2D eigenvalue weighted by Gasteiger charge is 2.37. The number of hydrogen-bond donors (Lipinski definition) is 3. The predicted molar refractivity (Wildman–Crippen MR) is 152 cm³/mol. The number of aromatic hydroxyl groups is 1. The third-order valence-electron chi connectivity index (χ3n) is 5.78. The molecule has 2 atom stereocenters. The number of terminal acetylenes is 1. The normalized spacial score (nSPS) is 12.6. The average molecular weight is 540 g/mol. The molecule has 8 nitrogen and oxygen atoms in total. The summed E-state index contributed by atoms with van der Waals surface area (Å²) in [6.07, 6.45) is 7.19. The summed E-state index contributed by atoms with van der Waals surface area (Å²) in [5.41, 5.74) is 2.15. The molecule has 0 bridgehead atoms. The fourth-order valence-electron chi connectivity index (χ4n) is 3.88. The lowest BCUT2D eigenvalue weighted by atomic mass is 9.99. The molecule has 0 aliphatic rings. The van der Waals surface area contributed by atoms with Gasteiger partial charge in [0, 0.05) is 17.3 Å². The molecule has 38 heavy (non-hydrogen) atoms. The molecule has 0 aromatic heterocycles. The van der Waals surface area contributed by atoms with Crippen molar-refractivity contribution in [3.05, 3.63) is 58.7 Å². The number of carbonyl (C=O) groups is 3. The fourth-order valence-corrected chi connectivity index (χ4v) is 4.35. The predicted octanol–water partition coefficient (Wildman–Crippen LogP) is 5.06. The lowest BCUT2D eigenvalue weighted by Gasteiger charge is -2.31. The Kier molecular flexibility index (Phi) is 10.7. The Hall–Kier alpha value is -3.64. The third kappa shape index (κ3) is 7.93. The van der Waals surface area contributed by atoms with Crippen molar-refractivity contribution in [1.29, 1.82) is 0 Å². The maximum atomic E-state index is 13.8. The summed E-state index contributed by atoms with van der Waals surface area (Å²) < 4.78 is 5.35. The first-order valence-electron chi connectivity index (χ1n) is 12.2. The number of nitrogens with zero attached hydrogens (tertiary/aromatic N) is 1. The molecule has 2 unspecified atom stereocenters. The molecule has 0 saturated carbocycles. The van der Waals surface area contributed by atoms with E-state index < -0.39 is 35.6 Å². The minimum absolute atomic E-state index is 0.150. The molecule has 2 aromatic rings. The van der Waals surface area contributed by atoms with Crippen molar-refractivity contribution in [2.75, 3.05) is 17.3 Å². The molecule has 3 amide bonds. The van der Waals surface area contributed by atoms with Crippen molar-refractivity contribution in [2.24, 2.45) is 0 Å². The Morgan fingerprint density at radius 3 is 2.21 bits per heavy atom. The second-order valence-corrected chi connectivity index (χ2v) is 11.0. The molecule has 9 heteroatoms. The van der Waals surface area contributed by atoms with Gasteiger partial charge in [0.25, 0.3) is 11.8 Å². The first kappa shape index (κ1) is 30.6. The van der Waals surface area contributed by atoms with Gasteiger partial charge in [-0.3, -0.25) is 14.5 Å². The molecule has 0 fully saturated rings. The van der Waals surface area contributed by atoms with Crippen LogP contribution in [-0.4, -0.2) is 51.6 Å². The van der Waals surface area contributed by atoms with Crippen LogP contribution in [0.15, 0.2) is 36.4 Å². The van der Waals surface area contributed by atoms with E-state index in [0.717, 1.165) is 16.0 Å². The van der Waals surface area contributed by atoms with Crippen LogP contribution >= 0.6 is 11.8 Å². The van der Waals surface area contributed by atoms with Crippen LogP contribution in [0.5, 0.6) is 5.75 Å². The standard InChI is InChI=1S/C29H37N3O5S/c1-9-32(27(35)22(16-17-38-8)30-28(36)37-29(5,6)7)24(21-15-11-14-20(4)25(21)33)26(34)31-23-18(2)12-10-13-19(23)3/h1,10-15,22,24,33H,16-17H2,2-8H3,(H,30,36)(H,31,34). The SMILES string of the molecule is C#CN(C(=O)C(CCSC)NC(=O)OC(C)(C)C)C(C(=O)Nc1c(C)cccc1C)c1cccc(C)c1O. The van der Waals surface area contributed by atoms with Gasteiger partial charge in [-0.15, -0.1) is 0 Å². The molecule has 0 aliphatic heterocycles. The summed E-state index contributed by atoms with van der Waals surface area (Å²) in [5, 5.41) is 16.4. The highest BCUT2D eigenvalue weighted by molar-refractivity contribution is 7.98. The number of thioether (sulfide) groups is 1. The van der Waals surface area contributed by atoms with E-state index in [0.29, 0.717) is 17.0 Å². The van der Waals surface area contributed by atoms with Gasteiger partial charge < -0.3 is 20.5 Å². The average Bonchev–Trinajstić information content (AvgIpc) is 2.83. The number of ether oxygens (including phenoxy) is 1. The summed E-state index contributed by atoms with van der Waals surface area (Å²) >= 11 is 1.49. The highest BCUT2D eigenvalue weighted by Crippen LogP contribution is 2.33. The van der Waals surface area contributed by atoms with Crippen molar-refractivity contribution >= 4 is 35.4 Å². The smallest absolute Gasteiger partial charge is 0.408 e. The van der Waals surface area contributed by atoms with Gasteiger partial charge in [-0.25, -0.2) is 4.79 Å². The number of para-hydroxylation sites is 2. The zero-order valence-corrected chi connectivity index (χ0v) is 23.9. The molecule has 2 aromatic carbocycles. The zero-order chi connectivity index (χ0) is 28.6. The van der Waals surface area contributed by atoms with Gasteiger partial charge >= 0.3 is 6.09 Å². The van der Waals surface area contributed by atoms with Gasteiger partial charge in [0.2, 0.25) is 0 Å². The van der Waals surface area contributed by atoms with E-state index in [9.17, 15) is 19.5 Å². The Morgan fingerprint density at radius 1 is 1.08 bits per heavy atom. The first-order chi connectivity index (χ1) is 17.8. The number of anilines is 1. The maximum absolute atomic E-state index is 13.8. The van der Waals surface area contributed by atoms with Crippen molar-refractivity contribution in [3.63, 3.8) is 0 Å². The van der Waals surface area contributed by atoms with Crippen LogP contribution in [0.1, 0.15) is 55.5 Å². The van der Waals surface area contributed by atoms with E-state index in [2.05, 4.69) is 16.7 Å². The van der Waals surface area contributed by atoms with Gasteiger partial charge in [0.1, 0.15) is 17.4 Å². The van der Waals surface area contributed by atoms with Gasteiger partial charge in [-0.2, -0.15) is 11.8 Å². The molecule has 2 rings (SSSR count). The van der Waals surface area contributed by atoms with Crippen molar-refractivity contribution in [3.8, 4) is 18.2 Å². The van der Waals surface area contributed by atoms with Crippen molar-refractivity contribution in [2.45, 2.75) is 65.6 Å². The summed E-state index contributed by atoms with van der Waals surface area (Å²) in [6, 6.07) is 10.4. The fraction of sp³-hybridized carbons (Fsp3) is 0.414. The zero-order valence-electron chi connectivity index (χ0n) is 23.0. The number of carbonyl (C=O) groups excluding carboxylic acids is 3. The Bertz CT molecular complexity index is 1200. The van der Waals surface area contributed by atoms with Crippen molar-refractivity contribution < 1.29 is 24.2 Å². The monoisotopic (exact) mass is 539 g/mol. The summed E-state index contributed by atoms with van der Waals surface area (Å²) in [5.74, 6) is -0.882. The molecule has 0 saturated heterocycles. The van der Waals surface area contributed by atoms with Gasteiger partial charge in [0.15, 0.2) is 6.04 Å². The third-order valence-corrected chi connectivity index (χ3v) is 6.42. The van der Waals surface area contributed by atoms with Crippen LogP contribution in [0.3, 0.4) is 0 Å². The number of amides is 3. The number of phenols is 1. The van der Waals surface area contributed by atoms with E-state index in [1.807, 2.05) is 38.3 Å². The van der Waals surface area contributed by atoms with Crippen molar-refractivity contribution in [1.82, 2.24) is 10.2 Å². The van der Waals surface area contributed by atoms with E-state index in [4.69, 9.17) is 11.2 Å². The van der Waals surface area contributed by atoms with E-state index in [1.165, 1.54) is 11.8 Å². The van der Waals surface area contributed by atoms with Crippen LogP contribution in [0.25, 0.3) is 0 Å². The molecule has 0 spiro atoms. The molecule has 3 N–H and O–H groups in total. The lowest BCUT2D eigenvalue weighted by molar-refractivity contribution is -0.136. The number of hydrogen-bond acceptors (Lipinski definition) is 6. The summed E-state index contributed by atoms with van der Waals surface area (Å²) in [6.45, 7) is 10.5. The van der Waals surface area contributed by atoms with Gasteiger partial charge in [-0.05, 0) is 76.7 Å².